The van der Waals surface area contributed by atoms with Crippen molar-refractivity contribution < 1.29 is 48.3 Å². The quantitative estimate of drug-likeness (QED) is 0.106. The van der Waals surface area contributed by atoms with Gasteiger partial charge in [-0.2, -0.15) is 0 Å². The van der Waals surface area contributed by atoms with Crippen LogP contribution < -0.4 is 10.6 Å². The van der Waals surface area contributed by atoms with Crippen molar-refractivity contribution >= 4 is 29.8 Å². The summed E-state index contributed by atoms with van der Waals surface area (Å²) in [6, 6.07) is 28.3. The van der Waals surface area contributed by atoms with Gasteiger partial charge in [-0.3, -0.25) is 14.4 Å². The molecule has 1 heterocycles. The topological polar surface area (TPSA) is 170 Å². The SMILES string of the molecule is CC(C)(C)OC(=O)CC[C@@H](CO)NC(=O)c1cccc(CNC(=O)C2=C[C@H]3OC4(Cc5ccccc5C4)O[C@H]3[C@H](OC(=O)c3ccccc3C=CCc3ccccc3O)C2)c1. The molecule has 4 aromatic carbocycles. The number of amides is 2. The maximum atomic E-state index is 14.0. The molecule has 0 saturated carbocycles. The van der Waals surface area contributed by atoms with Gasteiger partial charge in [0.15, 0.2) is 5.79 Å². The Morgan fingerprint density at radius 1 is 0.902 bits per heavy atom. The lowest BCUT2D eigenvalue weighted by atomic mass is 9.91. The first-order chi connectivity index (χ1) is 29.3. The number of esters is 2. The minimum absolute atomic E-state index is 0.0325. The molecule has 318 valence electrons. The number of aliphatic hydroxyl groups excluding tert-OH is 1. The number of nitrogens with one attached hydrogen (secondary N) is 2. The molecule has 12 heteroatoms. The molecule has 4 atom stereocenters. The van der Waals surface area contributed by atoms with Crippen LogP contribution >= 0.6 is 0 Å². The summed E-state index contributed by atoms with van der Waals surface area (Å²) in [5.41, 5.74) is 4.67. The van der Waals surface area contributed by atoms with Gasteiger partial charge in [0.25, 0.3) is 5.91 Å². The molecule has 4 N–H and O–H groups in total. The molecule has 3 aliphatic rings. The van der Waals surface area contributed by atoms with Crippen LogP contribution in [0, 0.1) is 0 Å². The van der Waals surface area contributed by atoms with Crippen molar-refractivity contribution in [1.82, 2.24) is 10.6 Å². The number of hydrogen-bond acceptors (Lipinski definition) is 10. The molecule has 12 nitrogen and oxygen atoms in total. The van der Waals surface area contributed by atoms with E-state index in [1.165, 1.54) is 0 Å². The lowest BCUT2D eigenvalue weighted by Gasteiger charge is -2.30. The number of hydrogen-bond donors (Lipinski definition) is 4. The number of benzene rings is 4. The maximum Gasteiger partial charge on any atom is 0.339 e. The van der Waals surface area contributed by atoms with Crippen LogP contribution in [-0.4, -0.2) is 76.3 Å². The van der Waals surface area contributed by atoms with Crippen LogP contribution in [0.5, 0.6) is 5.75 Å². The van der Waals surface area contributed by atoms with E-state index in [-0.39, 0.29) is 44.1 Å². The zero-order valence-corrected chi connectivity index (χ0v) is 34.6. The van der Waals surface area contributed by atoms with Gasteiger partial charge in [0, 0.05) is 43.4 Å². The highest BCUT2D eigenvalue weighted by Crippen LogP contribution is 2.45. The molecule has 2 aliphatic carbocycles. The van der Waals surface area contributed by atoms with Gasteiger partial charge in [-0.1, -0.05) is 84.9 Å². The van der Waals surface area contributed by atoms with E-state index in [9.17, 15) is 29.4 Å². The molecule has 4 aromatic rings. The van der Waals surface area contributed by atoms with Crippen molar-refractivity contribution in [2.75, 3.05) is 6.61 Å². The van der Waals surface area contributed by atoms with Crippen LogP contribution in [0.1, 0.15) is 88.6 Å². The number of allylic oxidation sites excluding steroid dienone is 1. The van der Waals surface area contributed by atoms with Gasteiger partial charge in [-0.15, -0.1) is 0 Å². The van der Waals surface area contributed by atoms with E-state index in [0.29, 0.717) is 47.1 Å². The number of para-hydroxylation sites is 1. The number of phenolic OH excluding ortho intramolecular Hbond substituents is 1. The summed E-state index contributed by atoms with van der Waals surface area (Å²) < 4.78 is 24.9. The molecular formula is C49H52N2O10. The summed E-state index contributed by atoms with van der Waals surface area (Å²) in [5, 5.41) is 25.8. The number of aromatic hydroxyl groups is 1. The average molecular weight is 829 g/mol. The fourth-order valence-corrected chi connectivity index (χ4v) is 7.97. The Hall–Kier alpha value is -6.08. The Balaban J connectivity index is 1.03. The normalized spacial score (nSPS) is 19.4. The van der Waals surface area contributed by atoms with Crippen molar-refractivity contribution in [2.24, 2.45) is 0 Å². The Bertz CT molecular complexity index is 2300. The number of ether oxygens (including phenoxy) is 4. The molecule has 0 radical (unpaired) electrons. The highest BCUT2D eigenvalue weighted by molar-refractivity contribution is 5.96. The third-order valence-corrected chi connectivity index (χ3v) is 10.9. The predicted molar refractivity (Wildman–Crippen MR) is 227 cm³/mol. The largest absolute Gasteiger partial charge is 0.508 e. The molecule has 0 bridgehead atoms. The Kier molecular flexibility index (Phi) is 13.2. The summed E-state index contributed by atoms with van der Waals surface area (Å²) in [5.74, 6) is -2.59. The molecule has 61 heavy (non-hydrogen) atoms. The number of fused-ring (bicyclic) bond motifs is 2. The number of carbonyl (C=O) groups excluding carboxylic acids is 4. The lowest BCUT2D eigenvalue weighted by molar-refractivity contribution is -0.172. The second kappa shape index (κ2) is 18.7. The molecule has 1 aliphatic heterocycles. The fourth-order valence-electron chi connectivity index (χ4n) is 7.97. The van der Waals surface area contributed by atoms with Gasteiger partial charge >= 0.3 is 11.9 Å². The second-order valence-corrected chi connectivity index (χ2v) is 16.7. The van der Waals surface area contributed by atoms with E-state index in [1.54, 1.807) is 75.4 Å². The number of aliphatic hydroxyl groups is 1. The molecule has 1 saturated heterocycles. The smallest absolute Gasteiger partial charge is 0.339 e. The van der Waals surface area contributed by atoms with Gasteiger partial charge in [-0.25, -0.2) is 4.79 Å². The number of rotatable bonds is 14. The molecule has 7 rings (SSSR count). The van der Waals surface area contributed by atoms with Crippen molar-refractivity contribution in [2.45, 2.75) is 102 Å². The standard InChI is InChI=1S/C49H52N2O10/c1-48(2,3)60-43(54)23-22-38(30-52)51-46(56)34-19-10-12-31(24-34)29-50-45(55)37-25-41(44-42(26-37)59-49(61-44)27-35-15-4-5-16-36(35)28-49)58-47(57)39-20-8-6-13-32(39)17-11-18-33-14-7-9-21-40(33)53/h4-17,19-21,24,26,38,41-42,44,52-53H,18,22-23,25,27-30H2,1-3H3,(H,50,55)(H,51,56)/t38-,41+,42+,44-/m0/s1. The van der Waals surface area contributed by atoms with E-state index in [4.69, 9.17) is 18.9 Å². The zero-order valence-electron chi connectivity index (χ0n) is 34.6. The van der Waals surface area contributed by atoms with E-state index in [2.05, 4.69) is 10.6 Å². The van der Waals surface area contributed by atoms with E-state index in [0.717, 1.165) is 16.7 Å². The summed E-state index contributed by atoms with van der Waals surface area (Å²) in [7, 11) is 0. The predicted octanol–water partition coefficient (Wildman–Crippen LogP) is 6.31. The van der Waals surface area contributed by atoms with E-state index < -0.39 is 53.6 Å². The Morgan fingerprint density at radius 3 is 2.36 bits per heavy atom. The third kappa shape index (κ3) is 10.8. The van der Waals surface area contributed by atoms with E-state index >= 15 is 0 Å². The number of phenols is 1. The first kappa shape index (κ1) is 43.0. The average Bonchev–Trinajstić information content (AvgIpc) is 3.79. The van der Waals surface area contributed by atoms with Crippen LogP contribution in [0.15, 0.2) is 115 Å². The fraction of sp³-hybridized carbons (Fsp3) is 0.347. The summed E-state index contributed by atoms with van der Waals surface area (Å²) in [6.07, 6.45) is 5.07. The minimum atomic E-state index is -0.971. The Morgan fingerprint density at radius 2 is 1.62 bits per heavy atom. The molecule has 2 amide bonds. The van der Waals surface area contributed by atoms with Crippen molar-refractivity contribution in [1.29, 1.82) is 0 Å². The highest BCUT2D eigenvalue weighted by atomic mass is 16.8. The van der Waals surface area contributed by atoms with Gasteiger partial charge in [0.2, 0.25) is 5.91 Å². The molecular weight excluding hydrogens is 777 g/mol. The number of carbonyl (C=O) groups is 4. The maximum absolute atomic E-state index is 14.0. The van der Waals surface area contributed by atoms with Crippen molar-refractivity contribution in [3.05, 3.63) is 154 Å². The van der Waals surface area contributed by atoms with Crippen LogP contribution in [0.2, 0.25) is 0 Å². The first-order valence-corrected chi connectivity index (χ1v) is 20.7. The van der Waals surface area contributed by atoms with Crippen LogP contribution in [0.4, 0.5) is 0 Å². The minimum Gasteiger partial charge on any atom is -0.508 e. The molecule has 1 fully saturated rings. The monoisotopic (exact) mass is 828 g/mol. The third-order valence-electron chi connectivity index (χ3n) is 10.9. The van der Waals surface area contributed by atoms with Crippen LogP contribution in [0.25, 0.3) is 6.08 Å². The van der Waals surface area contributed by atoms with Crippen LogP contribution in [-0.2, 0) is 54.3 Å². The molecule has 0 unspecified atom stereocenters. The zero-order chi connectivity index (χ0) is 43.1. The molecule has 1 spiro atoms. The first-order valence-electron chi connectivity index (χ1n) is 20.7. The lowest BCUT2D eigenvalue weighted by Crippen LogP contribution is -2.43. The van der Waals surface area contributed by atoms with E-state index in [1.807, 2.05) is 60.7 Å². The summed E-state index contributed by atoms with van der Waals surface area (Å²) >= 11 is 0. The Labute approximate surface area is 355 Å². The summed E-state index contributed by atoms with van der Waals surface area (Å²) in [4.78, 5) is 53.2. The van der Waals surface area contributed by atoms with Crippen molar-refractivity contribution in [3.8, 4) is 5.75 Å². The highest BCUT2D eigenvalue weighted by Gasteiger charge is 2.55. The van der Waals surface area contributed by atoms with Gasteiger partial charge in [-0.05, 0) is 91.8 Å². The van der Waals surface area contributed by atoms with Gasteiger partial charge in [0.05, 0.1) is 18.2 Å². The summed E-state index contributed by atoms with van der Waals surface area (Å²) in [6.45, 7) is 5.05. The second-order valence-electron chi connectivity index (χ2n) is 16.7. The molecule has 0 aromatic heterocycles. The van der Waals surface area contributed by atoms with Crippen molar-refractivity contribution in [3.63, 3.8) is 0 Å². The van der Waals surface area contributed by atoms with Gasteiger partial charge in [0.1, 0.15) is 29.7 Å². The van der Waals surface area contributed by atoms with Gasteiger partial charge < -0.3 is 39.8 Å². The van der Waals surface area contributed by atoms with Crippen LogP contribution in [0.3, 0.4) is 0 Å².